The molecule has 2 aromatic rings. The number of aromatic nitrogens is 4. The third-order valence-electron chi connectivity index (χ3n) is 4.09. The van der Waals surface area contributed by atoms with Gasteiger partial charge in [-0.25, -0.2) is 4.68 Å². The minimum absolute atomic E-state index is 0.129. The number of nitrogens with zero attached hydrogens (tertiary/aromatic N) is 5. The highest BCUT2D eigenvalue weighted by atomic mass is 16.2. The molecule has 1 fully saturated rings. The van der Waals surface area contributed by atoms with Gasteiger partial charge in [0.05, 0.1) is 5.69 Å². The summed E-state index contributed by atoms with van der Waals surface area (Å²) >= 11 is 0. The second kappa shape index (κ2) is 6.03. The van der Waals surface area contributed by atoms with Crippen molar-refractivity contribution in [1.82, 2.24) is 25.1 Å². The summed E-state index contributed by atoms with van der Waals surface area (Å²) in [5.74, 6) is 0.129. The van der Waals surface area contributed by atoms with Gasteiger partial charge in [0.2, 0.25) is 0 Å². The number of likely N-dealkylation sites (tertiary alicyclic amines) is 1. The SMILES string of the molecule is CCC1CCCCN1C(=O)c1ccc(-n2cnnn2)cc1. The summed E-state index contributed by atoms with van der Waals surface area (Å²) in [7, 11) is 0. The molecule has 1 aliphatic heterocycles. The summed E-state index contributed by atoms with van der Waals surface area (Å²) in [6, 6.07) is 7.81. The first-order valence-corrected chi connectivity index (χ1v) is 7.44. The normalized spacial score (nSPS) is 18.7. The quantitative estimate of drug-likeness (QED) is 0.866. The maximum Gasteiger partial charge on any atom is 0.254 e. The Morgan fingerprint density at radius 1 is 1.29 bits per heavy atom. The van der Waals surface area contributed by atoms with Crippen molar-refractivity contribution < 1.29 is 4.79 Å². The van der Waals surface area contributed by atoms with E-state index in [4.69, 9.17) is 0 Å². The van der Waals surface area contributed by atoms with Gasteiger partial charge in [-0.3, -0.25) is 4.79 Å². The van der Waals surface area contributed by atoms with E-state index in [1.54, 1.807) is 4.68 Å². The van der Waals surface area contributed by atoms with Crippen LogP contribution in [0.3, 0.4) is 0 Å². The molecule has 0 spiro atoms. The zero-order chi connectivity index (χ0) is 14.7. The summed E-state index contributed by atoms with van der Waals surface area (Å²) < 4.78 is 1.57. The highest BCUT2D eigenvalue weighted by Crippen LogP contribution is 2.22. The van der Waals surface area contributed by atoms with E-state index < -0.39 is 0 Å². The third kappa shape index (κ3) is 2.79. The number of hydrogen-bond donors (Lipinski definition) is 0. The minimum Gasteiger partial charge on any atom is -0.336 e. The Morgan fingerprint density at radius 2 is 2.10 bits per heavy atom. The van der Waals surface area contributed by atoms with Gasteiger partial charge in [-0.1, -0.05) is 6.92 Å². The van der Waals surface area contributed by atoms with Crippen LogP contribution in [0.4, 0.5) is 0 Å². The molecule has 3 rings (SSSR count). The number of benzene rings is 1. The fraction of sp³-hybridized carbons (Fsp3) is 0.467. The Bertz CT molecular complexity index is 593. The van der Waals surface area contributed by atoms with E-state index in [0.29, 0.717) is 6.04 Å². The van der Waals surface area contributed by atoms with Crippen LogP contribution in [0.2, 0.25) is 0 Å². The maximum atomic E-state index is 12.6. The molecule has 1 aliphatic rings. The van der Waals surface area contributed by atoms with Gasteiger partial charge in [0, 0.05) is 18.2 Å². The lowest BCUT2D eigenvalue weighted by Crippen LogP contribution is -2.43. The summed E-state index contributed by atoms with van der Waals surface area (Å²) in [5.41, 5.74) is 1.58. The predicted octanol–water partition coefficient (Wildman–Crippen LogP) is 2.07. The van der Waals surface area contributed by atoms with Crippen molar-refractivity contribution >= 4 is 5.91 Å². The second-order valence-corrected chi connectivity index (χ2v) is 5.36. The minimum atomic E-state index is 0.129. The Kier molecular flexibility index (Phi) is 3.94. The lowest BCUT2D eigenvalue weighted by atomic mass is 9.99. The van der Waals surface area contributed by atoms with Crippen LogP contribution < -0.4 is 0 Å². The van der Waals surface area contributed by atoms with E-state index in [0.717, 1.165) is 37.1 Å². The van der Waals surface area contributed by atoms with Gasteiger partial charge in [-0.05, 0) is 60.4 Å². The third-order valence-corrected chi connectivity index (χ3v) is 4.09. The van der Waals surface area contributed by atoms with Gasteiger partial charge in [0.15, 0.2) is 0 Å². The molecular weight excluding hydrogens is 266 g/mol. The lowest BCUT2D eigenvalue weighted by Gasteiger charge is -2.35. The summed E-state index contributed by atoms with van der Waals surface area (Å²) in [6.45, 7) is 3.02. The monoisotopic (exact) mass is 285 g/mol. The van der Waals surface area contributed by atoms with Crippen LogP contribution in [0.25, 0.3) is 5.69 Å². The zero-order valence-electron chi connectivity index (χ0n) is 12.1. The van der Waals surface area contributed by atoms with Crippen LogP contribution in [-0.2, 0) is 0 Å². The molecule has 21 heavy (non-hydrogen) atoms. The topological polar surface area (TPSA) is 63.9 Å². The average molecular weight is 285 g/mol. The number of carbonyl (C=O) groups is 1. The van der Waals surface area contributed by atoms with E-state index in [1.165, 1.54) is 12.7 Å². The summed E-state index contributed by atoms with van der Waals surface area (Å²) in [4.78, 5) is 14.7. The molecule has 1 aromatic heterocycles. The molecule has 0 N–H and O–H groups in total. The van der Waals surface area contributed by atoms with Crippen molar-refractivity contribution in [2.24, 2.45) is 0 Å². The van der Waals surface area contributed by atoms with Gasteiger partial charge >= 0.3 is 0 Å². The van der Waals surface area contributed by atoms with Crippen LogP contribution in [0.5, 0.6) is 0 Å². The molecule has 0 radical (unpaired) electrons. The molecule has 0 bridgehead atoms. The van der Waals surface area contributed by atoms with Crippen molar-refractivity contribution in [2.45, 2.75) is 38.6 Å². The fourth-order valence-electron chi connectivity index (χ4n) is 2.89. The fourth-order valence-corrected chi connectivity index (χ4v) is 2.89. The van der Waals surface area contributed by atoms with Crippen LogP contribution in [0.1, 0.15) is 43.0 Å². The zero-order valence-corrected chi connectivity index (χ0v) is 12.1. The Labute approximate surface area is 123 Å². The molecule has 0 aliphatic carbocycles. The highest BCUT2D eigenvalue weighted by Gasteiger charge is 2.25. The summed E-state index contributed by atoms with van der Waals surface area (Å²) in [6.07, 6.45) is 6.00. The lowest BCUT2D eigenvalue weighted by molar-refractivity contribution is 0.0608. The van der Waals surface area contributed by atoms with Gasteiger partial charge in [-0.15, -0.1) is 5.10 Å². The summed E-state index contributed by atoms with van der Waals surface area (Å²) in [5, 5.41) is 11.1. The molecule has 1 saturated heterocycles. The van der Waals surface area contributed by atoms with Crippen LogP contribution in [0.15, 0.2) is 30.6 Å². The van der Waals surface area contributed by atoms with E-state index in [2.05, 4.69) is 22.4 Å². The molecule has 2 heterocycles. The first-order chi connectivity index (χ1) is 10.3. The first-order valence-electron chi connectivity index (χ1n) is 7.44. The van der Waals surface area contributed by atoms with E-state index in [-0.39, 0.29) is 5.91 Å². The van der Waals surface area contributed by atoms with Crippen molar-refractivity contribution in [3.8, 4) is 5.69 Å². The molecule has 0 saturated carbocycles. The molecule has 6 nitrogen and oxygen atoms in total. The molecule has 1 aromatic carbocycles. The number of hydrogen-bond acceptors (Lipinski definition) is 4. The number of rotatable bonds is 3. The van der Waals surface area contributed by atoms with Crippen LogP contribution in [-0.4, -0.2) is 43.6 Å². The van der Waals surface area contributed by atoms with Crippen molar-refractivity contribution in [2.75, 3.05) is 6.54 Å². The van der Waals surface area contributed by atoms with E-state index in [9.17, 15) is 4.79 Å². The Hall–Kier alpha value is -2.24. The van der Waals surface area contributed by atoms with Gasteiger partial charge < -0.3 is 4.90 Å². The number of piperidine rings is 1. The standard InChI is InChI=1S/C15H19N5O/c1-2-13-5-3-4-10-19(13)15(21)12-6-8-14(9-7-12)20-11-16-17-18-20/h6-9,11,13H,2-5,10H2,1H3. The molecule has 6 heteroatoms. The molecular formula is C15H19N5O. The number of carbonyl (C=O) groups excluding carboxylic acids is 1. The van der Waals surface area contributed by atoms with E-state index >= 15 is 0 Å². The predicted molar refractivity (Wildman–Crippen MR) is 78.1 cm³/mol. The Morgan fingerprint density at radius 3 is 2.76 bits per heavy atom. The van der Waals surface area contributed by atoms with Gasteiger partial charge in [-0.2, -0.15) is 0 Å². The van der Waals surface area contributed by atoms with Gasteiger partial charge in [0.1, 0.15) is 6.33 Å². The molecule has 1 amide bonds. The smallest absolute Gasteiger partial charge is 0.254 e. The number of amides is 1. The van der Waals surface area contributed by atoms with Crippen molar-refractivity contribution in [3.05, 3.63) is 36.2 Å². The van der Waals surface area contributed by atoms with E-state index in [1.807, 2.05) is 29.2 Å². The van der Waals surface area contributed by atoms with Crippen molar-refractivity contribution in [1.29, 1.82) is 0 Å². The second-order valence-electron chi connectivity index (χ2n) is 5.36. The van der Waals surface area contributed by atoms with Gasteiger partial charge in [0.25, 0.3) is 5.91 Å². The average Bonchev–Trinajstić information content (AvgIpc) is 3.09. The molecule has 1 atom stereocenters. The molecule has 1 unspecified atom stereocenters. The highest BCUT2D eigenvalue weighted by molar-refractivity contribution is 5.94. The Balaban J connectivity index is 1.78. The molecule has 110 valence electrons. The largest absolute Gasteiger partial charge is 0.336 e. The van der Waals surface area contributed by atoms with Crippen molar-refractivity contribution in [3.63, 3.8) is 0 Å². The maximum absolute atomic E-state index is 12.6. The first kappa shape index (κ1) is 13.7. The number of tetrazole rings is 1. The van der Waals surface area contributed by atoms with Crippen LogP contribution in [0, 0.1) is 0 Å². The van der Waals surface area contributed by atoms with Crippen LogP contribution >= 0.6 is 0 Å².